The molecule has 0 saturated carbocycles. The van der Waals surface area contributed by atoms with Crippen LogP contribution in [0, 0.1) is 0 Å². The van der Waals surface area contributed by atoms with Crippen LogP contribution in [0.1, 0.15) is 72.6 Å². The number of unbranched alkanes of at least 4 members (excludes halogenated alkanes) is 3. The van der Waals surface area contributed by atoms with E-state index in [-0.39, 0.29) is 0 Å². The molecule has 0 aliphatic rings. The summed E-state index contributed by atoms with van der Waals surface area (Å²) in [7, 11) is 0. The second kappa shape index (κ2) is 15.5. The fourth-order valence-corrected chi connectivity index (χ4v) is 17.6. The molecule has 0 amide bonds. The minimum absolute atomic E-state index is 0.403. The van der Waals surface area contributed by atoms with E-state index in [0.717, 1.165) is 6.42 Å². The molecule has 0 bridgehead atoms. The van der Waals surface area contributed by atoms with Crippen molar-refractivity contribution in [1.82, 2.24) is 0 Å². The van der Waals surface area contributed by atoms with Gasteiger partial charge in [0.2, 0.25) is 0 Å². The fourth-order valence-electron chi connectivity index (χ4n) is 2.91. The summed E-state index contributed by atoms with van der Waals surface area (Å²) in [6.45, 7) is 9.24. The van der Waals surface area contributed by atoms with Crippen molar-refractivity contribution in [3.8, 4) is 0 Å². The van der Waals surface area contributed by atoms with Crippen molar-refractivity contribution in [2.75, 3.05) is 0 Å². The van der Waals surface area contributed by atoms with Crippen molar-refractivity contribution in [2.24, 2.45) is 0 Å². The maximum atomic E-state index is 6.86. The van der Waals surface area contributed by atoms with Crippen LogP contribution in [0.2, 0.25) is 13.3 Å². The minimum atomic E-state index is -2.39. The predicted molar refractivity (Wildman–Crippen MR) is 112 cm³/mol. The molecule has 0 aromatic rings. The first kappa shape index (κ1) is 23.0. The van der Waals surface area contributed by atoms with E-state index in [9.17, 15) is 0 Å². The Morgan fingerprint density at radius 1 is 0.909 bits per heavy atom. The zero-order valence-corrected chi connectivity index (χ0v) is 20.3. The van der Waals surface area contributed by atoms with E-state index < -0.39 is 18.8 Å². The molecule has 0 spiro atoms. The third-order valence-corrected chi connectivity index (χ3v) is 18.0. The molecule has 0 N–H and O–H groups in total. The average Bonchev–Trinajstić information content (AvgIpc) is 2.53. The second-order valence-corrected chi connectivity index (χ2v) is 18.8. The van der Waals surface area contributed by atoms with Crippen LogP contribution >= 0.6 is 22.6 Å². The molecule has 0 heterocycles. The van der Waals surface area contributed by atoms with Crippen molar-refractivity contribution in [3.63, 3.8) is 0 Å². The second-order valence-electron chi connectivity index (χ2n) is 6.40. The van der Waals surface area contributed by atoms with E-state index in [2.05, 4.69) is 68.5 Å². The van der Waals surface area contributed by atoms with Gasteiger partial charge in [0.1, 0.15) is 0 Å². The molecule has 0 aliphatic heterocycles. The van der Waals surface area contributed by atoms with Crippen LogP contribution in [-0.4, -0.2) is 24.9 Å². The normalized spacial score (nSPS) is 14.2. The molecular formula is C19H37IOSn. The van der Waals surface area contributed by atoms with Gasteiger partial charge in [-0.25, -0.2) is 0 Å². The molecule has 0 saturated heterocycles. The number of hydrogen-bond donors (Lipinski definition) is 0. The molecule has 0 rings (SSSR count). The maximum absolute atomic E-state index is 6.86. The van der Waals surface area contributed by atoms with Gasteiger partial charge in [-0.3, -0.25) is 0 Å². The summed E-state index contributed by atoms with van der Waals surface area (Å²) in [4.78, 5) is 0. The summed E-state index contributed by atoms with van der Waals surface area (Å²) < 4.78 is 13.2. The topological polar surface area (TPSA) is 9.23 Å². The Bertz CT molecular complexity index is 280. The summed E-state index contributed by atoms with van der Waals surface area (Å²) in [5.41, 5.74) is 0. The van der Waals surface area contributed by atoms with E-state index in [0.29, 0.717) is 6.10 Å². The first-order valence-corrected chi connectivity index (χ1v) is 17.7. The number of allylic oxidation sites excluding steroid dienone is 2. The van der Waals surface area contributed by atoms with Crippen molar-refractivity contribution < 1.29 is 3.07 Å². The van der Waals surface area contributed by atoms with Crippen molar-refractivity contribution in [3.05, 3.63) is 22.3 Å². The van der Waals surface area contributed by atoms with Crippen LogP contribution in [-0.2, 0) is 3.07 Å². The van der Waals surface area contributed by atoms with E-state index in [4.69, 9.17) is 3.07 Å². The molecule has 0 aliphatic carbocycles. The third-order valence-electron chi connectivity index (χ3n) is 4.20. The van der Waals surface area contributed by atoms with Crippen LogP contribution in [0.5, 0.6) is 0 Å². The van der Waals surface area contributed by atoms with E-state index in [1.165, 1.54) is 51.8 Å². The van der Waals surface area contributed by atoms with Gasteiger partial charge in [0, 0.05) is 0 Å². The first-order chi connectivity index (χ1) is 10.6. The zero-order valence-electron chi connectivity index (χ0n) is 15.2. The predicted octanol–water partition coefficient (Wildman–Crippen LogP) is 7.63. The number of halogens is 1. The molecule has 130 valence electrons. The zero-order chi connectivity index (χ0) is 16.7. The van der Waals surface area contributed by atoms with Crippen LogP contribution in [0.3, 0.4) is 0 Å². The monoisotopic (exact) mass is 528 g/mol. The van der Waals surface area contributed by atoms with Gasteiger partial charge in [-0.05, 0) is 0 Å². The summed E-state index contributed by atoms with van der Waals surface area (Å²) in [5.74, 6) is 0. The fraction of sp³-hybridized carbons (Fsp3) is 0.789. The third kappa shape index (κ3) is 11.5. The SMILES string of the molecule is CCC[CH2][Sn]([CH2]CCC)([CH2]CCC)[O][C@H](C)C/C=C/C=C/I. The Labute approximate surface area is 157 Å². The Balaban J connectivity index is 4.74. The van der Waals surface area contributed by atoms with Gasteiger partial charge in [-0.2, -0.15) is 0 Å². The van der Waals surface area contributed by atoms with Crippen molar-refractivity contribution in [2.45, 2.75) is 92.1 Å². The Morgan fingerprint density at radius 2 is 1.41 bits per heavy atom. The number of rotatable bonds is 14. The van der Waals surface area contributed by atoms with E-state index >= 15 is 0 Å². The molecule has 22 heavy (non-hydrogen) atoms. The van der Waals surface area contributed by atoms with Gasteiger partial charge in [-0.1, -0.05) is 0 Å². The molecular weight excluding hydrogens is 490 g/mol. The van der Waals surface area contributed by atoms with Gasteiger partial charge in [0.15, 0.2) is 0 Å². The van der Waals surface area contributed by atoms with Gasteiger partial charge >= 0.3 is 159 Å². The first-order valence-electron chi connectivity index (χ1n) is 9.23. The van der Waals surface area contributed by atoms with Gasteiger partial charge < -0.3 is 0 Å². The van der Waals surface area contributed by atoms with Crippen LogP contribution in [0.15, 0.2) is 22.3 Å². The molecule has 0 radical (unpaired) electrons. The van der Waals surface area contributed by atoms with Crippen LogP contribution in [0.25, 0.3) is 0 Å². The molecule has 1 nitrogen and oxygen atoms in total. The van der Waals surface area contributed by atoms with E-state index in [1.807, 2.05) is 4.08 Å². The average molecular weight is 527 g/mol. The Kier molecular flexibility index (Phi) is 16.2. The summed E-state index contributed by atoms with van der Waals surface area (Å²) in [5, 5.41) is 0. The quantitative estimate of drug-likeness (QED) is 0.128. The Morgan fingerprint density at radius 3 is 1.82 bits per heavy atom. The summed E-state index contributed by atoms with van der Waals surface area (Å²) >= 11 is -0.135. The standard InChI is InChI=1S/C7H10IO.3C4H9.Sn/c1-7(9)5-3-2-4-6-8;3*1-3-4-2;/h2-4,6-7H,5H2,1H3;3*1,3-4H2,2H3;/q-1;;;;+1/b3-2+,6-4+;;;;/t7-;;;;/m1..../s1. The molecule has 0 unspecified atom stereocenters. The summed E-state index contributed by atoms with van der Waals surface area (Å²) in [6, 6.07) is 0. The Hall–Kier alpha value is 0.969. The van der Waals surface area contributed by atoms with E-state index in [1.54, 1.807) is 0 Å². The molecule has 0 aromatic heterocycles. The molecule has 0 aromatic carbocycles. The number of hydrogen-bond acceptors (Lipinski definition) is 1. The van der Waals surface area contributed by atoms with Crippen LogP contribution < -0.4 is 0 Å². The van der Waals surface area contributed by atoms with Crippen molar-refractivity contribution in [1.29, 1.82) is 0 Å². The molecule has 3 heteroatoms. The van der Waals surface area contributed by atoms with Gasteiger partial charge in [0.05, 0.1) is 0 Å². The van der Waals surface area contributed by atoms with Crippen LogP contribution in [0.4, 0.5) is 0 Å². The summed E-state index contributed by atoms with van der Waals surface area (Å²) in [6.07, 6.45) is 16.0. The molecule has 1 atom stereocenters. The van der Waals surface area contributed by atoms with Gasteiger partial charge in [-0.15, -0.1) is 0 Å². The van der Waals surface area contributed by atoms with Gasteiger partial charge in [0.25, 0.3) is 0 Å². The molecule has 0 fully saturated rings. The van der Waals surface area contributed by atoms with Crippen molar-refractivity contribution >= 4 is 41.4 Å².